The number of amides is 1. The minimum Gasteiger partial charge on any atom is -0.486 e. The van der Waals surface area contributed by atoms with Crippen LogP contribution in [0.5, 0.6) is 11.5 Å². The average Bonchev–Trinajstić information content (AvgIpc) is 2.65. The van der Waals surface area contributed by atoms with E-state index in [1.54, 1.807) is 42.3 Å². The van der Waals surface area contributed by atoms with Gasteiger partial charge in [0.2, 0.25) is 0 Å². The first kappa shape index (κ1) is 16.8. The summed E-state index contributed by atoms with van der Waals surface area (Å²) < 4.78 is 11.0. The summed E-state index contributed by atoms with van der Waals surface area (Å²) in [5.74, 6) is 0.974. The molecule has 0 bridgehead atoms. The lowest BCUT2D eigenvalue weighted by atomic mass is 10.1. The van der Waals surface area contributed by atoms with E-state index in [0.29, 0.717) is 35.8 Å². The van der Waals surface area contributed by atoms with Gasteiger partial charge < -0.3 is 14.4 Å². The quantitative estimate of drug-likeness (QED) is 0.629. The Labute approximate surface area is 144 Å². The van der Waals surface area contributed by atoms with Gasteiger partial charge in [0.25, 0.3) is 11.6 Å². The molecule has 25 heavy (non-hydrogen) atoms. The summed E-state index contributed by atoms with van der Waals surface area (Å²) in [5, 5.41) is 10.9. The predicted octanol–water partition coefficient (Wildman–Crippen LogP) is 3.20. The van der Waals surface area contributed by atoms with Crippen molar-refractivity contribution < 1.29 is 19.2 Å². The normalized spacial score (nSPS) is 13.8. The number of nitro groups is 1. The lowest BCUT2D eigenvalue weighted by molar-refractivity contribution is -0.384. The second-order valence-corrected chi connectivity index (χ2v) is 5.80. The van der Waals surface area contributed by atoms with Crippen LogP contribution in [0.3, 0.4) is 0 Å². The van der Waals surface area contributed by atoms with Gasteiger partial charge in [-0.1, -0.05) is 12.1 Å². The van der Waals surface area contributed by atoms with Gasteiger partial charge in [0, 0.05) is 24.7 Å². The van der Waals surface area contributed by atoms with E-state index in [2.05, 4.69) is 0 Å². The highest BCUT2D eigenvalue weighted by atomic mass is 16.6. The second-order valence-electron chi connectivity index (χ2n) is 5.80. The molecule has 0 saturated heterocycles. The van der Waals surface area contributed by atoms with Crippen LogP contribution in [0, 0.1) is 10.1 Å². The van der Waals surface area contributed by atoms with Crippen LogP contribution in [-0.2, 0) is 0 Å². The zero-order valence-electron chi connectivity index (χ0n) is 14.0. The molecule has 0 unspecified atom stereocenters. The number of non-ortho nitro benzene ring substituents is 1. The highest BCUT2D eigenvalue weighted by Gasteiger charge is 2.22. The summed E-state index contributed by atoms with van der Waals surface area (Å²) in [4.78, 5) is 24.8. The van der Waals surface area contributed by atoms with Crippen molar-refractivity contribution in [2.45, 2.75) is 13.0 Å². The van der Waals surface area contributed by atoms with Crippen molar-refractivity contribution >= 4 is 11.6 Å². The van der Waals surface area contributed by atoms with Crippen molar-refractivity contribution in [3.05, 3.63) is 63.7 Å². The molecule has 0 spiro atoms. The highest BCUT2D eigenvalue weighted by Crippen LogP contribution is 2.32. The van der Waals surface area contributed by atoms with Crippen LogP contribution >= 0.6 is 0 Å². The van der Waals surface area contributed by atoms with E-state index >= 15 is 0 Å². The number of ether oxygens (including phenoxy) is 2. The molecular weight excluding hydrogens is 324 g/mol. The molecule has 1 aliphatic rings. The minimum absolute atomic E-state index is 0.00419. The summed E-state index contributed by atoms with van der Waals surface area (Å²) in [6.07, 6.45) is 0. The van der Waals surface area contributed by atoms with Gasteiger partial charge in [0.05, 0.1) is 11.0 Å². The topological polar surface area (TPSA) is 81.9 Å². The van der Waals surface area contributed by atoms with E-state index in [9.17, 15) is 14.9 Å². The molecular formula is C18H18N2O5. The molecule has 7 nitrogen and oxygen atoms in total. The fourth-order valence-electron chi connectivity index (χ4n) is 2.68. The molecule has 0 saturated carbocycles. The van der Waals surface area contributed by atoms with Gasteiger partial charge in [-0.05, 0) is 30.7 Å². The zero-order chi connectivity index (χ0) is 18.0. The summed E-state index contributed by atoms with van der Waals surface area (Å²) in [5.41, 5.74) is 1.18. The largest absolute Gasteiger partial charge is 0.486 e. The van der Waals surface area contributed by atoms with Gasteiger partial charge in [-0.3, -0.25) is 14.9 Å². The summed E-state index contributed by atoms with van der Waals surface area (Å²) >= 11 is 0. The second kappa shape index (κ2) is 6.80. The third-order valence-electron chi connectivity index (χ3n) is 4.25. The summed E-state index contributed by atoms with van der Waals surface area (Å²) in [6.45, 7) is 2.77. The molecule has 0 aromatic heterocycles. The van der Waals surface area contributed by atoms with Gasteiger partial charge in [0.15, 0.2) is 11.5 Å². The number of rotatable bonds is 4. The zero-order valence-corrected chi connectivity index (χ0v) is 14.0. The van der Waals surface area contributed by atoms with Crippen LogP contribution in [0.1, 0.15) is 28.9 Å². The van der Waals surface area contributed by atoms with E-state index in [1.807, 2.05) is 6.92 Å². The minimum atomic E-state index is -0.446. The number of fused-ring (bicyclic) bond motifs is 1. The van der Waals surface area contributed by atoms with Crippen molar-refractivity contribution in [2.24, 2.45) is 0 Å². The Bertz CT molecular complexity index is 821. The molecule has 0 N–H and O–H groups in total. The number of carbonyl (C=O) groups excluding carboxylic acids is 1. The number of nitro benzene ring substituents is 1. The third-order valence-corrected chi connectivity index (χ3v) is 4.25. The van der Waals surface area contributed by atoms with Crippen LogP contribution in [0.4, 0.5) is 5.69 Å². The summed E-state index contributed by atoms with van der Waals surface area (Å²) in [7, 11) is 1.67. The number of hydrogen-bond acceptors (Lipinski definition) is 5. The monoisotopic (exact) mass is 342 g/mol. The van der Waals surface area contributed by atoms with Gasteiger partial charge >= 0.3 is 0 Å². The maximum atomic E-state index is 12.8. The Morgan fingerprint density at radius 3 is 2.60 bits per heavy atom. The smallest absolute Gasteiger partial charge is 0.269 e. The molecule has 1 amide bonds. The Morgan fingerprint density at radius 2 is 1.88 bits per heavy atom. The van der Waals surface area contributed by atoms with Crippen LogP contribution in [0.25, 0.3) is 0 Å². The van der Waals surface area contributed by atoms with Crippen molar-refractivity contribution in [1.29, 1.82) is 0 Å². The predicted molar refractivity (Wildman–Crippen MR) is 91.0 cm³/mol. The lowest BCUT2D eigenvalue weighted by Crippen LogP contribution is -2.29. The molecule has 3 rings (SSSR count). The number of hydrogen-bond donors (Lipinski definition) is 0. The van der Waals surface area contributed by atoms with E-state index in [1.165, 1.54) is 12.1 Å². The number of benzene rings is 2. The summed E-state index contributed by atoms with van der Waals surface area (Å²) in [6, 6.07) is 11.0. The molecule has 0 aliphatic carbocycles. The van der Waals surface area contributed by atoms with Crippen LogP contribution in [-0.4, -0.2) is 36.0 Å². The van der Waals surface area contributed by atoms with E-state index in [4.69, 9.17) is 9.47 Å². The third kappa shape index (κ3) is 3.40. The maximum absolute atomic E-state index is 12.8. The first-order valence-corrected chi connectivity index (χ1v) is 7.88. The van der Waals surface area contributed by atoms with Gasteiger partial charge in [-0.2, -0.15) is 0 Å². The number of carbonyl (C=O) groups is 1. The average molecular weight is 342 g/mol. The van der Waals surface area contributed by atoms with Crippen molar-refractivity contribution in [3.63, 3.8) is 0 Å². The lowest BCUT2D eigenvalue weighted by Gasteiger charge is -2.26. The van der Waals surface area contributed by atoms with Crippen LogP contribution in [0.2, 0.25) is 0 Å². The SMILES string of the molecule is C[C@@H](c1cccc([N+](=O)[O-])c1)N(C)C(=O)c1ccc2c(c1)OCCO2. The van der Waals surface area contributed by atoms with E-state index < -0.39 is 4.92 Å². The first-order valence-electron chi connectivity index (χ1n) is 7.88. The molecule has 1 atom stereocenters. The molecule has 2 aromatic rings. The van der Waals surface area contributed by atoms with E-state index in [-0.39, 0.29) is 17.6 Å². The fraction of sp³-hybridized carbons (Fsp3) is 0.278. The Balaban J connectivity index is 1.82. The van der Waals surface area contributed by atoms with Crippen molar-refractivity contribution in [1.82, 2.24) is 4.90 Å². The molecule has 130 valence electrons. The van der Waals surface area contributed by atoms with Crippen molar-refractivity contribution in [2.75, 3.05) is 20.3 Å². The van der Waals surface area contributed by atoms with E-state index in [0.717, 1.165) is 0 Å². The van der Waals surface area contributed by atoms with Gasteiger partial charge in [0.1, 0.15) is 13.2 Å². The Kier molecular flexibility index (Phi) is 4.56. The van der Waals surface area contributed by atoms with Gasteiger partial charge in [-0.25, -0.2) is 0 Å². The van der Waals surface area contributed by atoms with Gasteiger partial charge in [-0.15, -0.1) is 0 Å². The molecule has 1 aliphatic heterocycles. The molecule has 0 fully saturated rings. The first-order chi connectivity index (χ1) is 12.0. The molecule has 7 heteroatoms. The Hall–Kier alpha value is -3.09. The highest BCUT2D eigenvalue weighted by molar-refractivity contribution is 5.95. The Morgan fingerprint density at radius 1 is 1.16 bits per heavy atom. The standard InChI is InChI=1S/C18H18N2O5/c1-12(13-4-3-5-15(10-13)20(22)23)19(2)18(21)14-6-7-16-17(11-14)25-9-8-24-16/h3-7,10-12H,8-9H2,1-2H3/t12-/m0/s1. The fourth-order valence-corrected chi connectivity index (χ4v) is 2.68. The molecule has 0 radical (unpaired) electrons. The van der Waals surface area contributed by atoms with Crippen LogP contribution < -0.4 is 9.47 Å². The maximum Gasteiger partial charge on any atom is 0.269 e. The van der Waals surface area contributed by atoms with Crippen LogP contribution in [0.15, 0.2) is 42.5 Å². The molecule has 2 aromatic carbocycles. The molecule has 1 heterocycles. The van der Waals surface area contributed by atoms with Crippen molar-refractivity contribution in [3.8, 4) is 11.5 Å². The number of nitrogens with zero attached hydrogens (tertiary/aromatic N) is 2.